The first-order chi connectivity index (χ1) is 8.54. The molecule has 1 saturated carbocycles. The highest BCUT2D eigenvalue weighted by atomic mass is 19.4. The molecular formula is C9H9F3N6. The van der Waals surface area contributed by atoms with Crippen LogP contribution in [0.5, 0.6) is 0 Å². The molecule has 0 unspecified atom stereocenters. The van der Waals surface area contributed by atoms with Crippen LogP contribution in [0.1, 0.15) is 30.4 Å². The standard InChI is InChI=1S/C9H9F3N6/c10-9(11,12)7-3-4-17(14-7)5-8-13-15-16-18(8)6-1-2-6/h3-4,6H,1-2,5H2. The Balaban J connectivity index is 1.80. The van der Waals surface area contributed by atoms with Gasteiger partial charge in [-0.05, 0) is 29.3 Å². The first-order valence-electron chi connectivity index (χ1n) is 5.41. The summed E-state index contributed by atoms with van der Waals surface area (Å²) in [5, 5.41) is 14.6. The van der Waals surface area contributed by atoms with E-state index in [1.165, 1.54) is 10.9 Å². The maximum Gasteiger partial charge on any atom is 0.435 e. The predicted octanol–water partition coefficient (Wildman–Crippen LogP) is 1.27. The van der Waals surface area contributed by atoms with Crippen molar-refractivity contribution >= 4 is 0 Å². The van der Waals surface area contributed by atoms with Gasteiger partial charge < -0.3 is 0 Å². The highest BCUT2D eigenvalue weighted by molar-refractivity contribution is 5.04. The monoisotopic (exact) mass is 258 g/mol. The second-order valence-corrected chi connectivity index (χ2v) is 4.17. The summed E-state index contributed by atoms with van der Waals surface area (Å²) in [6.07, 6.45) is -1.14. The average Bonchev–Trinajstić information content (AvgIpc) is 2.85. The Morgan fingerprint density at radius 3 is 2.72 bits per heavy atom. The van der Waals surface area contributed by atoms with Crippen molar-refractivity contribution in [2.45, 2.75) is 31.6 Å². The van der Waals surface area contributed by atoms with Gasteiger partial charge in [0.1, 0.15) is 6.54 Å². The van der Waals surface area contributed by atoms with Gasteiger partial charge in [-0.3, -0.25) is 4.68 Å². The maximum atomic E-state index is 12.4. The third-order valence-corrected chi connectivity index (χ3v) is 2.69. The molecule has 0 bridgehead atoms. The zero-order valence-corrected chi connectivity index (χ0v) is 9.17. The number of rotatable bonds is 3. The Labute approximate surface area is 99.4 Å². The Hall–Kier alpha value is -1.93. The molecule has 0 aromatic carbocycles. The number of aromatic nitrogens is 6. The molecule has 2 heterocycles. The van der Waals surface area contributed by atoms with E-state index < -0.39 is 11.9 Å². The van der Waals surface area contributed by atoms with Crippen molar-refractivity contribution in [2.75, 3.05) is 0 Å². The van der Waals surface area contributed by atoms with Crippen LogP contribution in [0.4, 0.5) is 13.2 Å². The molecular weight excluding hydrogens is 249 g/mol. The predicted molar refractivity (Wildman–Crippen MR) is 52.4 cm³/mol. The third-order valence-electron chi connectivity index (χ3n) is 2.69. The summed E-state index contributed by atoms with van der Waals surface area (Å²) in [7, 11) is 0. The maximum absolute atomic E-state index is 12.4. The lowest BCUT2D eigenvalue weighted by molar-refractivity contribution is -0.141. The van der Waals surface area contributed by atoms with Crippen LogP contribution in [0.25, 0.3) is 0 Å². The Morgan fingerprint density at radius 2 is 2.11 bits per heavy atom. The van der Waals surface area contributed by atoms with E-state index in [9.17, 15) is 13.2 Å². The normalized spacial score (nSPS) is 16.2. The van der Waals surface area contributed by atoms with Crippen LogP contribution >= 0.6 is 0 Å². The molecule has 0 amide bonds. The topological polar surface area (TPSA) is 61.4 Å². The van der Waals surface area contributed by atoms with Crippen molar-refractivity contribution < 1.29 is 13.2 Å². The van der Waals surface area contributed by atoms with E-state index in [0.717, 1.165) is 18.9 Å². The van der Waals surface area contributed by atoms with Crippen LogP contribution in [0, 0.1) is 0 Å². The van der Waals surface area contributed by atoms with Crippen LogP contribution in [0.15, 0.2) is 12.3 Å². The Bertz CT molecular complexity index is 553. The van der Waals surface area contributed by atoms with E-state index in [1.807, 2.05) is 0 Å². The summed E-state index contributed by atoms with van der Waals surface area (Å²) in [5.41, 5.74) is -0.909. The number of halogens is 3. The second-order valence-electron chi connectivity index (χ2n) is 4.17. The highest BCUT2D eigenvalue weighted by Gasteiger charge is 2.34. The van der Waals surface area contributed by atoms with Crippen molar-refractivity contribution in [1.29, 1.82) is 0 Å². The summed E-state index contributed by atoms with van der Waals surface area (Å²) in [4.78, 5) is 0. The largest absolute Gasteiger partial charge is 0.435 e. The van der Waals surface area contributed by atoms with Gasteiger partial charge in [0.05, 0.1) is 6.04 Å². The van der Waals surface area contributed by atoms with Crippen molar-refractivity contribution in [1.82, 2.24) is 30.0 Å². The summed E-state index contributed by atoms with van der Waals surface area (Å²) < 4.78 is 40.0. The van der Waals surface area contributed by atoms with E-state index in [1.54, 1.807) is 4.68 Å². The molecule has 9 heteroatoms. The van der Waals surface area contributed by atoms with Gasteiger partial charge in [0, 0.05) is 6.20 Å². The molecule has 1 fully saturated rings. The molecule has 2 aromatic heterocycles. The quantitative estimate of drug-likeness (QED) is 0.831. The van der Waals surface area contributed by atoms with E-state index >= 15 is 0 Å². The van der Waals surface area contributed by atoms with Gasteiger partial charge in [-0.2, -0.15) is 18.3 Å². The fraction of sp³-hybridized carbons (Fsp3) is 0.556. The molecule has 0 N–H and O–H groups in total. The SMILES string of the molecule is FC(F)(F)c1ccn(Cc2nnnn2C2CC2)n1. The van der Waals surface area contributed by atoms with Crippen molar-refractivity contribution in [3.8, 4) is 0 Å². The first kappa shape index (κ1) is 11.2. The fourth-order valence-electron chi connectivity index (χ4n) is 1.66. The second kappa shape index (κ2) is 3.79. The van der Waals surface area contributed by atoms with Crippen LogP contribution in [0.3, 0.4) is 0 Å². The van der Waals surface area contributed by atoms with Gasteiger partial charge in [-0.25, -0.2) is 4.68 Å². The molecule has 0 aliphatic heterocycles. The molecule has 0 atom stereocenters. The number of nitrogens with zero attached hydrogens (tertiary/aromatic N) is 6. The fourth-order valence-corrected chi connectivity index (χ4v) is 1.66. The zero-order chi connectivity index (χ0) is 12.8. The lowest BCUT2D eigenvalue weighted by atomic mass is 10.4. The number of alkyl halides is 3. The van der Waals surface area contributed by atoms with Crippen LogP contribution in [-0.2, 0) is 12.7 Å². The molecule has 0 saturated heterocycles. The third kappa shape index (κ3) is 2.07. The molecule has 0 spiro atoms. The summed E-state index contributed by atoms with van der Waals surface area (Å²) in [6, 6.07) is 1.22. The minimum Gasteiger partial charge on any atom is -0.264 e. The van der Waals surface area contributed by atoms with Gasteiger partial charge in [0.15, 0.2) is 11.5 Å². The lowest BCUT2D eigenvalue weighted by Gasteiger charge is -2.03. The van der Waals surface area contributed by atoms with Gasteiger partial charge in [-0.15, -0.1) is 5.10 Å². The van der Waals surface area contributed by atoms with E-state index in [0.29, 0.717) is 5.82 Å². The molecule has 1 aliphatic rings. The molecule has 96 valence electrons. The summed E-state index contributed by atoms with van der Waals surface area (Å²) in [5.74, 6) is 0.523. The number of hydrogen-bond acceptors (Lipinski definition) is 4. The highest BCUT2D eigenvalue weighted by Crippen LogP contribution is 2.34. The Morgan fingerprint density at radius 1 is 1.33 bits per heavy atom. The van der Waals surface area contributed by atoms with Crippen LogP contribution in [0.2, 0.25) is 0 Å². The molecule has 3 rings (SSSR count). The minimum atomic E-state index is -4.42. The van der Waals surface area contributed by atoms with Gasteiger partial charge in [0.25, 0.3) is 0 Å². The minimum absolute atomic E-state index is 0.138. The number of hydrogen-bond donors (Lipinski definition) is 0. The Kier molecular flexibility index (Phi) is 2.35. The van der Waals surface area contributed by atoms with Gasteiger partial charge in [-0.1, -0.05) is 0 Å². The van der Waals surface area contributed by atoms with E-state index in [4.69, 9.17) is 0 Å². The number of tetrazole rings is 1. The molecule has 6 nitrogen and oxygen atoms in total. The first-order valence-corrected chi connectivity index (χ1v) is 5.41. The lowest BCUT2D eigenvalue weighted by Crippen LogP contribution is -2.11. The van der Waals surface area contributed by atoms with E-state index in [2.05, 4.69) is 20.6 Å². The molecule has 18 heavy (non-hydrogen) atoms. The van der Waals surface area contributed by atoms with Crippen LogP contribution < -0.4 is 0 Å². The van der Waals surface area contributed by atoms with E-state index in [-0.39, 0.29) is 12.6 Å². The average molecular weight is 258 g/mol. The van der Waals surface area contributed by atoms with Crippen molar-refractivity contribution in [3.05, 3.63) is 23.8 Å². The molecule has 2 aromatic rings. The van der Waals surface area contributed by atoms with Crippen molar-refractivity contribution in [3.63, 3.8) is 0 Å². The summed E-state index contributed by atoms with van der Waals surface area (Å²) in [6.45, 7) is 0.138. The van der Waals surface area contributed by atoms with Crippen molar-refractivity contribution in [2.24, 2.45) is 0 Å². The van der Waals surface area contributed by atoms with Gasteiger partial charge >= 0.3 is 6.18 Å². The zero-order valence-electron chi connectivity index (χ0n) is 9.17. The molecule has 0 radical (unpaired) electrons. The smallest absolute Gasteiger partial charge is 0.264 e. The summed E-state index contributed by atoms with van der Waals surface area (Å²) >= 11 is 0. The van der Waals surface area contributed by atoms with Gasteiger partial charge in [0.2, 0.25) is 0 Å². The van der Waals surface area contributed by atoms with Crippen LogP contribution in [-0.4, -0.2) is 30.0 Å². The molecule has 1 aliphatic carbocycles.